The van der Waals surface area contributed by atoms with Crippen molar-refractivity contribution in [3.05, 3.63) is 78.0 Å². The molecule has 0 aromatic heterocycles. The second-order valence-corrected chi connectivity index (χ2v) is 6.77. The highest BCUT2D eigenvalue weighted by molar-refractivity contribution is 5.69. The molecule has 0 radical (unpaired) electrons. The second-order valence-electron chi connectivity index (χ2n) is 6.77. The van der Waals surface area contributed by atoms with E-state index in [1.165, 1.54) is 16.7 Å². The number of hydrogen-bond acceptors (Lipinski definition) is 1. The zero-order valence-electron chi connectivity index (χ0n) is 14.1. The summed E-state index contributed by atoms with van der Waals surface area (Å²) in [5.41, 5.74) is 4.17. The Morgan fingerprint density at radius 3 is 2.55 bits per heavy atom. The fraction of sp³-hybridized carbons (Fsp3) is 0.333. The highest BCUT2D eigenvalue weighted by Crippen LogP contribution is 2.27. The summed E-state index contributed by atoms with van der Waals surface area (Å²) in [6.07, 6.45) is 14.1. The molecule has 1 aliphatic carbocycles. The van der Waals surface area contributed by atoms with Crippen LogP contribution in [0.3, 0.4) is 0 Å². The molecule has 1 aromatic carbocycles. The largest absolute Gasteiger partial charge is 0.384 e. The van der Waals surface area contributed by atoms with Crippen LogP contribution >= 0.6 is 0 Å². The minimum Gasteiger partial charge on any atom is -0.384 e. The molecule has 0 amide bonds. The van der Waals surface area contributed by atoms with Crippen LogP contribution in [0.5, 0.6) is 0 Å². The second kappa shape index (κ2) is 7.31. The van der Waals surface area contributed by atoms with Crippen molar-refractivity contribution in [3.63, 3.8) is 0 Å². The smallest absolute Gasteiger partial charge is 0.0482 e. The van der Waals surface area contributed by atoms with E-state index in [0.29, 0.717) is 6.04 Å². The van der Waals surface area contributed by atoms with Gasteiger partial charge >= 0.3 is 0 Å². The van der Waals surface area contributed by atoms with E-state index < -0.39 is 0 Å². The first kappa shape index (κ1) is 16.4. The maximum atomic E-state index is 3.57. The van der Waals surface area contributed by atoms with Gasteiger partial charge in [-0.1, -0.05) is 81.5 Å². The molecule has 0 spiro atoms. The summed E-state index contributed by atoms with van der Waals surface area (Å²) in [5, 5.41) is 3.57. The van der Waals surface area contributed by atoms with Crippen molar-refractivity contribution in [2.75, 3.05) is 0 Å². The molecule has 0 aliphatic heterocycles. The standard InChI is InChI=1S/C21H27N/c1-5-10-19(21(2,3)4)16-22-20-14-9-13-18(15-20)17-11-7-6-8-12-17/h5-14,16,20,22H,15H2,1-4H3/b10-5-,19-16+. The van der Waals surface area contributed by atoms with Gasteiger partial charge < -0.3 is 5.32 Å². The highest BCUT2D eigenvalue weighted by Gasteiger charge is 2.16. The van der Waals surface area contributed by atoms with Crippen molar-refractivity contribution in [2.24, 2.45) is 5.41 Å². The molecule has 116 valence electrons. The van der Waals surface area contributed by atoms with Gasteiger partial charge in [-0.25, -0.2) is 0 Å². The van der Waals surface area contributed by atoms with Crippen molar-refractivity contribution in [1.29, 1.82) is 0 Å². The summed E-state index contributed by atoms with van der Waals surface area (Å²) >= 11 is 0. The average Bonchev–Trinajstić information content (AvgIpc) is 2.51. The van der Waals surface area contributed by atoms with Gasteiger partial charge in [0.2, 0.25) is 0 Å². The van der Waals surface area contributed by atoms with Crippen molar-refractivity contribution in [2.45, 2.75) is 40.2 Å². The molecule has 0 bridgehead atoms. The Hall–Kier alpha value is -2.02. The fourth-order valence-electron chi connectivity index (χ4n) is 2.55. The molecule has 1 N–H and O–H groups in total. The lowest BCUT2D eigenvalue weighted by atomic mass is 9.86. The van der Waals surface area contributed by atoms with Crippen LogP contribution in [0.25, 0.3) is 5.57 Å². The van der Waals surface area contributed by atoms with Gasteiger partial charge in [-0.3, -0.25) is 0 Å². The highest BCUT2D eigenvalue weighted by atomic mass is 14.9. The molecule has 0 saturated heterocycles. The summed E-state index contributed by atoms with van der Waals surface area (Å²) in [6, 6.07) is 11.0. The molecular formula is C21H27N. The molecule has 0 heterocycles. The Labute approximate surface area is 135 Å². The number of hydrogen-bond donors (Lipinski definition) is 1. The molecule has 1 heteroatoms. The topological polar surface area (TPSA) is 12.0 Å². The maximum absolute atomic E-state index is 3.57. The van der Waals surface area contributed by atoms with Crippen LogP contribution < -0.4 is 5.32 Å². The normalized spacial score (nSPS) is 19.4. The third kappa shape index (κ3) is 4.49. The fourth-order valence-corrected chi connectivity index (χ4v) is 2.55. The Morgan fingerprint density at radius 2 is 1.91 bits per heavy atom. The van der Waals surface area contributed by atoms with Gasteiger partial charge in [0.1, 0.15) is 0 Å². The Bertz CT molecular complexity index is 595. The molecule has 1 atom stereocenters. The van der Waals surface area contributed by atoms with Crippen LogP contribution in [0, 0.1) is 5.41 Å². The molecule has 2 rings (SSSR count). The first-order valence-corrected chi connectivity index (χ1v) is 8.03. The number of rotatable bonds is 4. The molecule has 0 saturated carbocycles. The predicted molar refractivity (Wildman–Crippen MR) is 97.5 cm³/mol. The molecule has 22 heavy (non-hydrogen) atoms. The Morgan fingerprint density at radius 1 is 1.18 bits per heavy atom. The minimum absolute atomic E-state index is 0.149. The number of allylic oxidation sites excluding steroid dienone is 5. The summed E-state index contributed by atoms with van der Waals surface area (Å²) in [4.78, 5) is 0. The number of nitrogens with one attached hydrogen (secondary N) is 1. The van der Waals surface area contributed by atoms with E-state index in [1.54, 1.807) is 0 Å². The van der Waals surface area contributed by atoms with E-state index in [9.17, 15) is 0 Å². The van der Waals surface area contributed by atoms with E-state index in [0.717, 1.165) is 6.42 Å². The van der Waals surface area contributed by atoms with Crippen molar-refractivity contribution < 1.29 is 0 Å². The van der Waals surface area contributed by atoms with Crippen molar-refractivity contribution >= 4 is 5.57 Å². The average molecular weight is 293 g/mol. The molecule has 0 fully saturated rings. The lowest BCUT2D eigenvalue weighted by molar-refractivity contribution is 0.510. The monoisotopic (exact) mass is 293 g/mol. The molecule has 1 aromatic rings. The van der Waals surface area contributed by atoms with Gasteiger partial charge in [-0.2, -0.15) is 0 Å². The Kier molecular flexibility index (Phi) is 5.43. The molecule has 1 nitrogen and oxygen atoms in total. The van der Waals surface area contributed by atoms with E-state index in [-0.39, 0.29) is 5.41 Å². The van der Waals surface area contributed by atoms with Crippen LogP contribution in [0.4, 0.5) is 0 Å². The van der Waals surface area contributed by atoms with E-state index in [2.05, 4.69) is 99.9 Å². The van der Waals surface area contributed by atoms with Crippen molar-refractivity contribution in [3.8, 4) is 0 Å². The van der Waals surface area contributed by atoms with Crippen LogP contribution in [0.1, 0.15) is 39.7 Å². The maximum Gasteiger partial charge on any atom is 0.0482 e. The van der Waals surface area contributed by atoms with Crippen LogP contribution in [-0.2, 0) is 0 Å². The van der Waals surface area contributed by atoms with Crippen LogP contribution in [-0.4, -0.2) is 6.04 Å². The quantitative estimate of drug-likeness (QED) is 0.723. The van der Waals surface area contributed by atoms with Gasteiger partial charge in [-0.05, 0) is 35.5 Å². The summed E-state index contributed by atoms with van der Waals surface area (Å²) < 4.78 is 0. The van der Waals surface area contributed by atoms with E-state index in [4.69, 9.17) is 0 Å². The molecule has 1 aliphatic rings. The van der Waals surface area contributed by atoms with E-state index >= 15 is 0 Å². The first-order chi connectivity index (χ1) is 10.5. The van der Waals surface area contributed by atoms with Gasteiger partial charge in [-0.15, -0.1) is 0 Å². The lowest BCUT2D eigenvalue weighted by Crippen LogP contribution is -2.25. The summed E-state index contributed by atoms with van der Waals surface area (Å²) in [5.74, 6) is 0. The summed E-state index contributed by atoms with van der Waals surface area (Å²) in [6.45, 7) is 8.79. The zero-order valence-corrected chi connectivity index (χ0v) is 14.1. The van der Waals surface area contributed by atoms with Crippen LogP contribution in [0.15, 0.2) is 72.5 Å². The molecule has 1 unspecified atom stereocenters. The Balaban J connectivity index is 2.07. The van der Waals surface area contributed by atoms with Crippen molar-refractivity contribution in [1.82, 2.24) is 5.32 Å². The molecular weight excluding hydrogens is 266 g/mol. The van der Waals surface area contributed by atoms with Gasteiger partial charge in [0.15, 0.2) is 0 Å². The predicted octanol–water partition coefficient (Wildman–Crippen LogP) is 5.49. The SMILES string of the molecule is C/C=C\C(=C/NC1C=CC=C(c2ccccc2)C1)C(C)(C)C. The van der Waals surface area contributed by atoms with Gasteiger partial charge in [0.05, 0.1) is 0 Å². The summed E-state index contributed by atoms with van der Waals surface area (Å²) in [7, 11) is 0. The third-order valence-corrected chi connectivity index (χ3v) is 3.89. The van der Waals surface area contributed by atoms with Crippen LogP contribution in [0.2, 0.25) is 0 Å². The van der Waals surface area contributed by atoms with E-state index in [1.807, 2.05) is 0 Å². The van der Waals surface area contributed by atoms with Gasteiger partial charge in [0, 0.05) is 12.2 Å². The first-order valence-electron chi connectivity index (χ1n) is 8.03. The van der Waals surface area contributed by atoms with Gasteiger partial charge in [0.25, 0.3) is 0 Å². The zero-order chi connectivity index (χ0) is 16.0. The number of benzene rings is 1. The minimum atomic E-state index is 0.149. The third-order valence-electron chi connectivity index (χ3n) is 3.89. The lowest BCUT2D eigenvalue weighted by Gasteiger charge is -2.24.